The topological polar surface area (TPSA) is 78.9 Å². The van der Waals surface area contributed by atoms with Crippen molar-refractivity contribution >= 4 is 17.0 Å². The average Bonchev–Trinajstić information content (AvgIpc) is 2.74. The molecule has 2 aromatic heterocycles. The number of imidazole rings is 1. The van der Waals surface area contributed by atoms with Crippen LogP contribution in [0, 0.1) is 5.82 Å². The van der Waals surface area contributed by atoms with Gasteiger partial charge in [0.2, 0.25) is 5.95 Å². The number of nitrogens with zero attached hydrogens (tertiary/aromatic N) is 4. The molecule has 2 heterocycles. The Morgan fingerprint density at radius 2 is 2.25 bits per heavy atom. The van der Waals surface area contributed by atoms with E-state index >= 15 is 0 Å². The molecule has 0 spiro atoms. The molecule has 2 N–H and O–H groups in total. The van der Waals surface area contributed by atoms with E-state index in [4.69, 9.17) is 10.5 Å². The molecule has 0 saturated heterocycles. The predicted octanol–water partition coefficient (Wildman–Crippen LogP) is 1.60. The second kappa shape index (κ2) is 4.76. The number of aromatic nitrogens is 4. The summed E-state index contributed by atoms with van der Waals surface area (Å²) in [6, 6.07) is 6.50. The van der Waals surface area contributed by atoms with E-state index in [-0.39, 0.29) is 5.75 Å². The van der Waals surface area contributed by atoms with E-state index in [0.717, 1.165) is 5.69 Å². The summed E-state index contributed by atoms with van der Waals surface area (Å²) in [7, 11) is 1.41. The smallest absolute Gasteiger partial charge is 0.201 e. The lowest BCUT2D eigenvalue weighted by Gasteiger charge is -2.06. The lowest BCUT2D eigenvalue weighted by atomic mass is 10.2. The molecular formula is C13H12FN5O. The van der Waals surface area contributed by atoms with Gasteiger partial charge in [0.15, 0.2) is 11.6 Å². The minimum Gasteiger partial charge on any atom is -0.494 e. The molecule has 7 heteroatoms. The molecule has 0 aliphatic heterocycles. The molecule has 20 heavy (non-hydrogen) atoms. The minimum atomic E-state index is -0.468. The van der Waals surface area contributed by atoms with Crippen LogP contribution in [0.5, 0.6) is 5.75 Å². The number of hydrogen-bond acceptors (Lipinski definition) is 5. The first-order chi connectivity index (χ1) is 9.69. The highest BCUT2D eigenvalue weighted by Gasteiger charge is 2.13. The maximum Gasteiger partial charge on any atom is 0.201 e. The third-order valence-corrected chi connectivity index (χ3v) is 3.00. The van der Waals surface area contributed by atoms with Crippen LogP contribution < -0.4 is 10.5 Å². The highest BCUT2D eigenvalue weighted by molar-refractivity contribution is 5.80. The molecule has 0 bridgehead atoms. The maximum atomic E-state index is 13.7. The number of fused-ring (bicyclic) bond motifs is 1. The zero-order valence-corrected chi connectivity index (χ0v) is 10.7. The van der Waals surface area contributed by atoms with Crippen molar-refractivity contribution in [2.45, 2.75) is 6.54 Å². The molecule has 1 aromatic carbocycles. The highest BCUT2D eigenvalue weighted by atomic mass is 19.1. The fourth-order valence-electron chi connectivity index (χ4n) is 2.05. The number of rotatable bonds is 3. The van der Waals surface area contributed by atoms with Crippen LogP contribution in [-0.2, 0) is 6.54 Å². The first-order valence-corrected chi connectivity index (χ1v) is 5.95. The molecular weight excluding hydrogens is 261 g/mol. The van der Waals surface area contributed by atoms with Crippen LogP contribution in [0.1, 0.15) is 5.69 Å². The molecule has 0 fully saturated rings. The number of nitrogen functional groups attached to an aromatic ring is 1. The highest BCUT2D eigenvalue weighted by Crippen LogP contribution is 2.26. The van der Waals surface area contributed by atoms with Crippen LogP contribution in [0.2, 0.25) is 0 Å². The molecule has 3 aromatic rings. The van der Waals surface area contributed by atoms with Gasteiger partial charge in [-0.1, -0.05) is 0 Å². The Balaban J connectivity index is 2.12. The van der Waals surface area contributed by atoms with Crippen LogP contribution >= 0.6 is 0 Å². The standard InChI is InChI=1S/C13H12FN5O/c1-20-12-6-11-10(5-9(12)14)17-13(15)19(11)7-8-3-2-4-16-18-8/h2-6H,7H2,1H3,(H2,15,17). The van der Waals surface area contributed by atoms with Crippen molar-refractivity contribution in [3.8, 4) is 5.75 Å². The fraction of sp³-hybridized carbons (Fsp3) is 0.154. The SMILES string of the molecule is COc1cc2c(cc1F)nc(N)n2Cc1cccnn1. The van der Waals surface area contributed by atoms with Gasteiger partial charge < -0.3 is 15.0 Å². The van der Waals surface area contributed by atoms with E-state index in [1.165, 1.54) is 13.2 Å². The number of benzene rings is 1. The van der Waals surface area contributed by atoms with Crippen molar-refractivity contribution in [1.29, 1.82) is 0 Å². The molecule has 0 aliphatic rings. The zero-order chi connectivity index (χ0) is 14.1. The van der Waals surface area contributed by atoms with E-state index in [1.807, 2.05) is 6.07 Å². The summed E-state index contributed by atoms with van der Waals surface area (Å²) in [4.78, 5) is 4.14. The van der Waals surface area contributed by atoms with E-state index in [0.29, 0.717) is 23.5 Å². The molecule has 0 saturated carbocycles. The van der Waals surface area contributed by atoms with Crippen LogP contribution in [-0.4, -0.2) is 26.9 Å². The average molecular weight is 273 g/mol. The number of ether oxygens (including phenoxy) is 1. The molecule has 0 amide bonds. The third kappa shape index (κ3) is 2.03. The van der Waals surface area contributed by atoms with Gasteiger partial charge in [-0.05, 0) is 12.1 Å². The van der Waals surface area contributed by atoms with Crippen LogP contribution in [0.3, 0.4) is 0 Å². The largest absolute Gasteiger partial charge is 0.494 e. The number of nitrogens with two attached hydrogens (primary N) is 1. The summed E-state index contributed by atoms with van der Waals surface area (Å²) in [6.07, 6.45) is 1.59. The summed E-state index contributed by atoms with van der Waals surface area (Å²) in [5.41, 5.74) is 7.78. The van der Waals surface area contributed by atoms with E-state index in [2.05, 4.69) is 15.2 Å². The van der Waals surface area contributed by atoms with E-state index in [1.54, 1.807) is 22.9 Å². The quantitative estimate of drug-likeness (QED) is 0.784. The van der Waals surface area contributed by atoms with E-state index < -0.39 is 5.82 Å². The number of halogens is 1. The fourth-order valence-corrected chi connectivity index (χ4v) is 2.05. The summed E-state index contributed by atoms with van der Waals surface area (Å²) >= 11 is 0. The van der Waals surface area contributed by atoms with Crippen LogP contribution in [0.15, 0.2) is 30.5 Å². The van der Waals surface area contributed by atoms with Crippen LogP contribution in [0.4, 0.5) is 10.3 Å². The van der Waals surface area contributed by atoms with Crippen molar-refractivity contribution in [3.05, 3.63) is 42.0 Å². The summed E-state index contributed by atoms with van der Waals surface area (Å²) in [5, 5.41) is 7.82. The normalized spacial score (nSPS) is 10.9. The Kier molecular flexibility index (Phi) is 2.94. The van der Waals surface area contributed by atoms with Gasteiger partial charge in [-0.3, -0.25) is 0 Å². The van der Waals surface area contributed by atoms with Crippen molar-refractivity contribution in [1.82, 2.24) is 19.7 Å². The van der Waals surface area contributed by atoms with Crippen molar-refractivity contribution < 1.29 is 9.13 Å². The van der Waals surface area contributed by atoms with Gasteiger partial charge >= 0.3 is 0 Å². The maximum absolute atomic E-state index is 13.7. The Labute approximate surface area is 114 Å². The Hall–Kier alpha value is -2.70. The minimum absolute atomic E-state index is 0.151. The second-order valence-electron chi connectivity index (χ2n) is 4.25. The van der Waals surface area contributed by atoms with Gasteiger partial charge in [0.05, 0.1) is 30.4 Å². The van der Waals surface area contributed by atoms with Gasteiger partial charge in [-0.15, -0.1) is 0 Å². The summed E-state index contributed by atoms with van der Waals surface area (Å²) in [5.74, 6) is -0.0275. The van der Waals surface area contributed by atoms with Gasteiger partial charge in [-0.2, -0.15) is 10.2 Å². The molecule has 102 valence electrons. The van der Waals surface area contributed by atoms with Crippen molar-refractivity contribution in [2.75, 3.05) is 12.8 Å². The van der Waals surface area contributed by atoms with Gasteiger partial charge in [0.25, 0.3) is 0 Å². The Morgan fingerprint density at radius 1 is 1.40 bits per heavy atom. The lowest BCUT2D eigenvalue weighted by Crippen LogP contribution is -2.06. The molecule has 3 rings (SSSR count). The lowest BCUT2D eigenvalue weighted by molar-refractivity contribution is 0.387. The third-order valence-electron chi connectivity index (χ3n) is 3.00. The first-order valence-electron chi connectivity index (χ1n) is 5.95. The number of methoxy groups -OCH3 is 1. The van der Waals surface area contributed by atoms with Crippen molar-refractivity contribution in [2.24, 2.45) is 0 Å². The predicted molar refractivity (Wildman–Crippen MR) is 71.8 cm³/mol. The molecule has 0 atom stereocenters. The van der Waals surface area contributed by atoms with Gasteiger partial charge in [0.1, 0.15) is 0 Å². The van der Waals surface area contributed by atoms with Gasteiger partial charge in [-0.25, -0.2) is 9.37 Å². The monoisotopic (exact) mass is 273 g/mol. The van der Waals surface area contributed by atoms with Gasteiger partial charge in [0, 0.05) is 18.3 Å². The molecule has 0 unspecified atom stereocenters. The summed E-state index contributed by atoms with van der Waals surface area (Å²) in [6.45, 7) is 0.408. The summed E-state index contributed by atoms with van der Waals surface area (Å²) < 4.78 is 20.4. The van der Waals surface area contributed by atoms with Crippen molar-refractivity contribution in [3.63, 3.8) is 0 Å². The number of anilines is 1. The Bertz CT molecular complexity index is 756. The molecule has 6 nitrogen and oxygen atoms in total. The second-order valence-corrected chi connectivity index (χ2v) is 4.25. The first kappa shape index (κ1) is 12.3. The zero-order valence-electron chi connectivity index (χ0n) is 10.7. The molecule has 0 aliphatic carbocycles. The van der Waals surface area contributed by atoms with E-state index in [9.17, 15) is 4.39 Å². The Morgan fingerprint density at radius 3 is 2.95 bits per heavy atom. The number of hydrogen-bond donors (Lipinski definition) is 1. The van der Waals surface area contributed by atoms with Crippen LogP contribution in [0.25, 0.3) is 11.0 Å². The molecule has 0 radical (unpaired) electrons.